The Hall–Kier alpha value is -1.32. The predicted octanol–water partition coefficient (Wildman–Crippen LogP) is 1.12. The second kappa shape index (κ2) is 2.87. The molecular weight excluding hydrogens is 166 g/mol. The van der Waals surface area contributed by atoms with Gasteiger partial charge in [-0.1, -0.05) is 13.8 Å². The first-order valence-electron chi connectivity index (χ1n) is 4.47. The van der Waals surface area contributed by atoms with Crippen molar-refractivity contribution in [2.45, 2.75) is 26.2 Å². The number of nitrogens with zero attached hydrogens (tertiary/aromatic N) is 2. The van der Waals surface area contributed by atoms with Crippen molar-refractivity contribution < 1.29 is 4.74 Å². The molecule has 70 valence electrons. The molecule has 13 heavy (non-hydrogen) atoms. The monoisotopic (exact) mass is 179 g/mol. The van der Waals surface area contributed by atoms with E-state index in [-0.39, 0.29) is 5.92 Å². The van der Waals surface area contributed by atoms with Crippen LogP contribution in [0.15, 0.2) is 0 Å². The van der Waals surface area contributed by atoms with Crippen LogP contribution >= 0.6 is 0 Å². The van der Waals surface area contributed by atoms with Crippen LogP contribution in [0.2, 0.25) is 0 Å². The Morgan fingerprint density at radius 3 is 2.85 bits per heavy atom. The van der Waals surface area contributed by atoms with Gasteiger partial charge in [0.15, 0.2) is 0 Å². The maximum Gasteiger partial charge on any atom is 0.222 e. The number of anilines is 1. The molecule has 2 N–H and O–H groups in total. The summed E-state index contributed by atoms with van der Waals surface area (Å²) in [6.07, 6.45) is 0.833. The van der Waals surface area contributed by atoms with Crippen LogP contribution in [0.5, 0.6) is 5.88 Å². The third-order valence-corrected chi connectivity index (χ3v) is 2.13. The van der Waals surface area contributed by atoms with Crippen LogP contribution in [-0.4, -0.2) is 16.6 Å². The molecule has 4 nitrogen and oxygen atoms in total. The Balaban J connectivity index is 2.49. The molecule has 0 amide bonds. The molecule has 4 heteroatoms. The minimum atomic E-state index is 0.289. The second-order valence-corrected chi connectivity index (χ2v) is 3.50. The van der Waals surface area contributed by atoms with E-state index in [2.05, 4.69) is 9.97 Å². The van der Waals surface area contributed by atoms with Crippen LogP contribution in [0, 0.1) is 0 Å². The van der Waals surface area contributed by atoms with Gasteiger partial charge in [0.05, 0.1) is 12.2 Å². The van der Waals surface area contributed by atoms with Gasteiger partial charge in [-0.15, -0.1) is 0 Å². The number of hydrogen-bond acceptors (Lipinski definition) is 4. The van der Waals surface area contributed by atoms with Crippen LogP contribution in [-0.2, 0) is 6.42 Å². The minimum Gasteiger partial charge on any atom is -0.477 e. The molecule has 0 saturated heterocycles. The maximum atomic E-state index is 5.78. The number of nitrogens with two attached hydrogens (primary N) is 1. The van der Waals surface area contributed by atoms with Crippen LogP contribution < -0.4 is 10.5 Å². The molecular formula is C9H13N3O. The molecule has 0 fully saturated rings. The van der Waals surface area contributed by atoms with Gasteiger partial charge in [0.25, 0.3) is 0 Å². The van der Waals surface area contributed by atoms with Crippen LogP contribution in [0.1, 0.15) is 31.2 Å². The molecule has 1 aliphatic rings. The average molecular weight is 179 g/mol. The molecule has 2 heterocycles. The minimum absolute atomic E-state index is 0.289. The van der Waals surface area contributed by atoms with Gasteiger partial charge in [-0.2, -0.15) is 4.98 Å². The number of rotatable bonds is 1. The zero-order valence-electron chi connectivity index (χ0n) is 7.87. The van der Waals surface area contributed by atoms with Crippen molar-refractivity contribution in [1.82, 2.24) is 9.97 Å². The normalized spacial score (nSPS) is 14.4. The first-order valence-corrected chi connectivity index (χ1v) is 4.47. The Morgan fingerprint density at radius 2 is 2.15 bits per heavy atom. The quantitative estimate of drug-likeness (QED) is 0.701. The molecule has 1 aliphatic heterocycles. The average Bonchev–Trinajstić information content (AvgIpc) is 2.51. The van der Waals surface area contributed by atoms with E-state index < -0.39 is 0 Å². The lowest BCUT2D eigenvalue weighted by Gasteiger charge is -2.07. The summed E-state index contributed by atoms with van der Waals surface area (Å²) >= 11 is 0. The summed E-state index contributed by atoms with van der Waals surface area (Å²) in [5.74, 6) is 2.30. The van der Waals surface area contributed by atoms with E-state index in [0.29, 0.717) is 18.3 Å². The lowest BCUT2D eigenvalue weighted by molar-refractivity contribution is 0.343. The maximum absolute atomic E-state index is 5.78. The highest BCUT2D eigenvalue weighted by molar-refractivity contribution is 5.47. The standard InChI is InChI=1S/C9H13N3O/c1-5(2)8-11-7(10)6-3-4-13-9(6)12-8/h5H,3-4H2,1-2H3,(H2,10,11,12). The molecule has 0 atom stereocenters. The first-order chi connectivity index (χ1) is 6.18. The summed E-state index contributed by atoms with van der Waals surface area (Å²) in [6, 6.07) is 0. The fraction of sp³-hybridized carbons (Fsp3) is 0.556. The van der Waals surface area contributed by atoms with Crippen molar-refractivity contribution in [3.63, 3.8) is 0 Å². The summed E-state index contributed by atoms with van der Waals surface area (Å²) in [4.78, 5) is 8.53. The number of ether oxygens (including phenoxy) is 1. The Labute approximate surface area is 77.1 Å². The predicted molar refractivity (Wildman–Crippen MR) is 49.7 cm³/mol. The van der Waals surface area contributed by atoms with Crippen molar-refractivity contribution in [2.24, 2.45) is 0 Å². The van der Waals surface area contributed by atoms with Gasteiger partial charge >= 0.3 is 0 Å². The van der Waals surface area contributed by atoms with Crippen molar-refractivity contribution in [3.8, 4) is 5.88 Å². The second-order valence-electron chi connectivity index (χ2n) is 3.50. The summed E-state index contributed by atoms with van der Waals surface area (Å²) in [5.41, 5.74) is 6.74. The number of hydrogen-bond donors (Lipinski definition) is 1. The van der Waals surface area contributed by atoms with E-state index in [1.165, 1.54) is 0 Å². The molecule has 0 spiro atoms. The fourth-order valence-electron chi connectivity index (χ4n) is 1.36. The van der Waals surface area contributed by atoms with E-state index in [1.54, 1.807) is 0 Å². The van der Waals surface area contributed by atoms with Gasteiger partial charge in [-0.05, 0) is 0 Å². The highest BCUT2D eigenvalue weighted by Crippen LogP contribution is 2.28. The summed E-state index contributed by atoms with van der Waals surface area (Å²) in [5, 5.41) is 0. The molecule has 0 saturated carbocycles. The van der Waals surface area contributed by atoms with E-state index in [1.807, 2.05) is 13.8 Å². The molecule has 2 rings (SSSR count). The molecule has 0 unspecified atom stereocenters. The Bertz CT molecular complexity index is 336. The third kappa shape index (κ3) is 1.32. The van der Waals surface area contributed by atoms with Gasteiger partial charge in [0.1, 0.15) is 11.6 Å². The van der Waals surface area contributed by atoms with Crippen molar-refractivity contribution in [3.05, 3.63) is 11.4 Å². The molecule has 1 aromatic heterocycles. The highest BCUT2D eigenvalue weighted by atomic mass is 16.5. The third-order valence-electron chi connectivity index (χ3n) is 2.13. The summed E-state index contributed by atoms with van der Waals surface area (Å²) in [7, 11) is 0. The molecule has 0 bridgehead atoms. The van der Waals surface area contributed by atoms with Crippen LogP contribution in [0.25, 0.3) is 0 Å². The van der Waals surface area contributed by atoms with Crippen LogP contribution in [0.4, 0.5) is 5.82 Å². The molecule has 0 aromatic carbocycles. The lowest BCUT2D eigenvalue weighted by Crippen LogP contribution is -2.04. The summed E-state index contributed by atoms with van der Waals surface area (Å²) in [6.45, 7) is 4.75. The molecule has 0 aliphatic carbocycles. The van der Waals surface area contributed by atoms with Gasteiger partial charge < -0.3 is 10.5 Å². The largest absolute Gasteiger partial charge is 0.477 e. The zero-order valence-corrected chi connectivity index (χ0v) is 7.87. The molecule has 0 radical (unpaired) electrons. The fourth-order valence-corrected chi connectivity index (χ4v) is 1.36. The highest BCUT2D eigenvalue weighted by Gasteiger charge is 2.19. The number of aromatic nitrogens is 2. The lowest BCUT2D eigenvalue weighted by atomic mass is 10.2. The van der Waals surface area contributed by atoms with Crippen molar-refractivity contribution in [2.75, 3.05) is 12.3 Å². The Kier molecular flexibility index (Phi) is 1.83. The SMILES string of the molecule is CC(C)c1nc(N)c2c(n1)OCC2. The van der Waals surface area contributed by atoms with Gasteiger partial charge in [-0.25, -0.2) is 4.98 Å². The van der Waals surface area contributed by atoms with E-state index >= 15 is 0 Å². The number of nitrogen functional groups attached to an aromatic ring is 1. The molecule has 1 aromatic rings. The van der Waals surface area contributed by atoms with Crippen molar-refractivity contribution >= 4 is 5.82 Å². The van der Waals surface area contributed by atoms with Gasteiger partial charge in [0, 0.05) is 12.3 Å². The van der Waals surface area contributed by atoms with Crippen LogP contribution in [0.3, 0.4) is 0 Å². The topological polar surface area (TPSA) is 61.0 Å². The Morgan fingerprint density at radius 1 is 1.38 bits per heavy atom. The van der Waals surface area contributed by atoms with E-state index in [0.717, 1.165) is 17.8 Å². The number of fused-ring (bicyclic) bond motifs is 1. The van der Waals surface area contributed by atoms with E-state index in [9.17, 15) is 0 Å². The summed E-state index contributed by atoms with van der Waals surface area (Å²) < 4.78 is 5.34. The first kappa shape index (κ1) is 8.29. The van der Waals surface area contributed by atoms with Gasteiger partial charge in [0.2, 0.25) is 5.88 Å². The van der Waals surface area contributed by atoms with Crippen molar-refractivity contribution in [1.29, 1.82) is 0 Å². The van der Waals surface area contributed by atoms with Gasteiger partial charge in [-0.3, -0.25) is 0 Å². The zero-order chi connectivity index (χ0) is 9.42. The van der Waals surface area contributed by atoms with E-state index in [4.69, 9.17) is 10.5 Å². The smallest absolute Gasteiger partial charge is 0.222 e.